The maximum absolute atomic E-state index is 13.6. The number of hydrogen-bond acceptors (Lipinski definition) is 3. The van der Waals surface area contributed by atoms with Gasteiger partial charge in [0.25, 0.3) is 10.0 Å². The molecular weight excluding hydrogens is 359 g/mol. The summed E-state index contributed by atoms with van der Waals surface area (Å²) < 4.78 is 41.1. The minimum absolute atomic E-state index is 0.0681. The van der Waals surface area contributed by atoms with Crippen molar-refractivity contribution in [1.82, 2.24) is 5.32 Å². The zero-order chi connectivity index (χ0) is 15.5. The first kappa shape index (κ1) is 15.9. The van der Waals surface area contributed by atoms with Gasteiger partial charge in [0.05, 0.1) is 5.69 Å². The van der Waals surface area contributed by atoms with E-state index in [1.807, 2.05) is 6.07 Å². The van der Waals surface area contributed by atoms with Crippen LogP contribution in [0.4, 0.5) is 10.1 Å². The normalized spacial score (nSPS) is 11.4. The first-order valence-electron chi connectivity index (χ1n) is 6.14. The summed E-state index contributed by atoms with van der Waals surface area (Å²) in [6, 6.07) is 10.6. The summed E-state index contributed by atoms with van der Waals surface area (Å²) in [7, 11) is -2.10. The second-order valence-corrected chi connectivity index (χ2v) is 6.89. The minimum Gasteiger partial charge on any atom is -0.316 e. The Morgan fingerprint density at radius 3 is 2.57 bits per heavy atom. The van der Waals surface area contributed by atoms with Crippen LogP contribution in [-0.2, 0) is 16.6 Å². The van der Waals surface area contributed by atoms with Gasteiger partial charge in [-0.15, -0.1) is 0 Å². The van der Waals surface area contributed by atoms with Crippen molar-refractivity contribution in [3.8, 4) is 0 Å². The van der Waals surface area contributed by atoms with E-state index in [-0.39, 0.29) is 10.6 Å². The van der Waals surface area contributed by atoms with Gasteiger partial charge >= 0.3 is 0 Å². The standard InChI is InChI=1S/C14H14BrFN2O2S/c1-17-9-10-6-7-11(15)14(8-10)21(19,20)18-13-5-3-2-4-12(13)16/h2-8,17-18H,9H2,1H3. The van der Waals surface area contributed by atoms with Crippen LogP contribution in [0.5, 0.6) is 0 Å². The molecule has 0 aliphatic carbocycles. The van der Waals surface area contributed by atoms with Crippen LogP contribution in [0.1, 0.15) is 5.56 Å². The molecule has 0 aliphatic heterocycles. The lowest BCUT2D eigenvalue weighted by molar-refractivity contribution is 0.598. The largest absolute Gasteiger partial charge is 0.316 e. The van der Waals surface area contributed by atoms with E-state index < -0.39 is 15.8 Å². The average Bonchev–Trinajstić information content (AvgIpc) is 2.43. The molecule has 0 saturated heterocycles. The fraction of sp³-hybridized carbons (Fsp3) is 0.143. The Morgan fingerprint density at radius 2 is 1.90 bits per heavy atom. The molecule has 0 bridgehead atoms. The van der Waals surface area contributed by atoms with E-state index in [2.05, 4.69) is 26.0 Å². The molecule has 0 amide bonds. The van der Waals surface area contributed by atoms with Crippen molar-refractivity contribution in [2.75, 3.05) is 11.8 Å². The molecule has 21 heavy (non-hydrogen) atoms. The topological polar surface area (TPSA) is 58.2 Å². The number of rotatable bonds is 5. The van der Waals surface area contributed by atoms with E-state index >= 15 is 0 Å². The first-order chi connectivity index (χ1) is 9.94. The third-order valence-electron chi connectivity index (χ3n) is 2.78. The molecule has 0 saturated carbocycles. The second-order valence-electron chi connectivity index (χ2n) is 4.38. The van der Waals surface area contributed by atoms with Crippen LogP contribution in [0.15, 0.2) is 51.8 Å². The van der Waals surface area contributed by atoms with Gasteiger partial charge in [-0.3, -0.25) is 4.72 Å². The minimum atomic E-state index is -3.87. The molecular formula is C14H14BrFN2O2S. The summed E-state index contributed by atoms with van der Waals surface area (Å²) in [4.78, 5) is 0.0681. The van der Waals surface area contributed by atoms with E-state index in [4.69, 9.17) is 0 Å². The molecule has 0 fully saturated rings. The van der Waals surface area contributed by atoms with Gasteiger partial charge < -0.3 is 5.32 Å². The van der Waals surface area contributed by atoms with Crippen LogP contribution in [-0.4, -0.2) is 15.5 Å². The van der Waals surface area contributed by atoms with Crippen LogP contribution in [0.25, 0.3) is 0 Å². The summed E-state index contributed by atoms with van der Waals surface area (Å²) in [6.45, 7) is 0.537. The lowest BCUT2D eigenvalue weighted by Crippen LogP contribution is -2.15. The first-order valence-corrected chi connectivity index (χ1v) is 8.42. The highest BCUT2D eigenvalue weighted by Crippen LogP contribution is 2.26. The van der Waals surface area contributed by atoms with Crippen molar-refractivity contribution in [3.05, 3.63) is 58.3 Å². The smallest absolute Gasteiger partial charge is 0.263 e. The highest BCUT2D eigenvalue weighted by Gasteiger charge is 2.19. The molecule has 2 rings (SSSR count). The van der Waals surface area contributed by atoms with E-state index in [9.17, 15) is 12.8 Å². The Bertz CT molecular complexity index is 750. The average molecular weight is 373 g/mol. The predicted octanol–water partition coefficient (Wildman–Crippen LogP) is 3.11. The Hall–Kier alpha value is -1.44. The summed E-state index contributed by atoms with van der Waals surface area (Å²) in [6.07, 6.45) is 0. The van der Waals surface area contributed by atoms with Crippen LogP contribution in [0.3, 0.4) is 0 Å². The maximum Gasteiger partial charge on any atom is 0.263 e. The van der Waals surface area contributed by atoms with Crippen molar-refractivity contribution >= 4 is 31.6 Å². The van der Waals surface area contributed by atoms with Gasteiger partial charge in [0, 0.05) is 11.0 Å². The molecule has 4 nitrogen and oxygen atoms in total. The van der Waals surface area contributed by atoms with E-state index in [1.54, 1.807) is 25.2 Å². The van der Waals surface area contributed by atoms with Crippen molar-refractivity contribution in [3.63, 3.8) is 0 Å². The zero-order valence-electron chi connectivity index (χ0n) is 11.2. The van der Waals surface area contributed by atoms with Gasteiger partial charge in [0.2, 0.25) is 0 Å². The predicted molar refractivity (Wildman–Crippen MR) is 84.1 cm³/mol. The zero-order valence-corrected chi connectivity index (χ0v) is 13.6. The highest BCUT2D eigenvalue weighted by molar-refractivity contribution is 9.10. The molecule has 2 aromatic carbocycles. The Labute approximate surface area is 131 Å². The van der Waals surface area contributed by atoms with Crippen LogP contribution in [0.2, 0.25) is 0 Å². The van der Waals surface area contributed by atoms with E-state index in [0.717, 1.165) is 5.56 Å². The summed E-state index contributed by atoms with van der Waals surface area (Å²) in [5, 5.41) is 2.95. The van der Waals surface area contributed by atoms with Crippen LogP contribution < -0.4 is 10.0 Å². The van der Waals surface area contributed by atoms with Crippen molar-refractivity contribution in [1.29, 1.82) is 0 Å². The number of nitrogens with one attached hydrogen (secondary N) is 2. The molecule has 0 unspecified atom stereocenters. The van der Waals surface area contributed by atoms with Crippen molar-refractivity contribution in [2.45, 2.75) is 11.4 Å². The monoisotopic (exact) mass is 372 g/mol. The summed E-state index contributed by atoms with van der Waals surface area (Å²) in [5.74, 6) is -0.622. The number of hydrogen-bond donors (Lipinski definition) is 2. The van der Waals surface area contributed by atoms with Crippen LogP contribution in [0, 0.1) is 5.82 Å². The maximum atomic E-state index is 13.6. The Morgan fingerprint density at radius 1 is 1.19 bits per heavy atom. The second kappa shape index (κ2) is 6.55. The summed E-state index contributed by atoms with van der Waals surface area (Å²) in [5.41, 5.74) is 0.734. The number of sulfonamides is 1. The van der Waals surface area contributed by atoms with Crippen molar-refractivity contribution < 1.29 is 12.8 Å². The number of benzene rings is 2. The number of para-hydroxylation sites is 1. The molecule has 2 N–H and O–H groups in total. The molecule has 112 valence electrons. The van der Waals surface area contributed by atoms with Gasteiger partial charge in [0.1, 0.15) is 10.7 Å². The molecule has 0 radical (unpaired) electrons. The van der Waals surface area contributed by atoms with Gasteiger partial charge in [-0.05, 0) is 52.8 Å². The number of halogens is 2. The lowest BCUT2D eigenvalue weighted by atomic mass is 10.2. The molecule has 2 aromatic rings. The number of anilines is 1. The molecule has 0 heterocycles. The van der Waals surface area contributed by atoms with E-state index in [0.29, 0.717) is 11.0 Å². The SMILES string of the molecule is CNCc1ccc(Br)c(S(=O)(=O)Nc2ccccc2F)c1. The van der Waals surface area contributed by atoms with Crippen LogP contribution >= 0.6 is 15.9 Å². The molecule has 0 aliphatic rings. The molecule has 0 aromatic heterocycles. The summed E-state index contributed by atoms with van der Waals surface area (Å²) >= 11 is 3.22. The molecule has 7 heteroatoms. The Kier molecular flexibility index (Phi) is 4.97. The third kappa shape index (κ3) is 3.81. The quantitative estimate of drug-likeness (QED) is 0.847. The van der Waals surface area contributed by atoms with E-state index in [1.165, 1.54) is 18.2 Å². The van der Waals surface area contributed by atoms with Gasteiger partial charge in [-0.1, -0.05) is 18.2 Å². The highest BCUT2D eigenvalue weighted by atomic mass is 79.9. The van der Waals surface area contributed by atoms with Crippen molar-refractivity contribution in [2.24, 2.45) is 0 Å². The van der Waals surface area contributed by atoms with Gasteiger partial charge in [0.15, 0.2) is 0 Å². The molecule has 0 atom stereocenters. The fourth-order valence-corrected chi connectivity index (χ4v) is 3.89. The van der Waals surface area contributed by atoms with Gasteiger partial charge in [-0.25, -0.2) is 12.8 Å². The third-order valence-corrected chi connectivity index (χ3v) is 5.14. The fourth-order valence-electron chi connectivity index (χ4n) is 1.81. The van der Waals surface area contributed by atoms with Gasteiger partial charge in [-0.2, -0.15) is 0 Å². The lowest BCUT2D eigenvalue weighted by Gasteiger charge is -2.11. The molecule has 0 spiro atoms. The Balaban J connectivity index is 2.40.